The Labute approximate surface area is 87.4 Å². The number of fused-ring (bicyclic) bond motifs is 1. The largest absolute Gasteiger partial charge is 0.252 e. The topological polar surface area (TPSA) is 66.9 Å². The standard InChI is InChI=1S/C10H11N5/c1-3-9-13-10-12-5-8(7(2)4-11)6-15(10)14-9/h5-7H,3H2,1-2H3. The maximum Gasteiger partial charge on any atom is 0.252 e. The minimum atomic E-state index is -0.170. The zero-order valence-electron chi connectivity index (χ0n) is 8.68. The molecule has 5 heteroatoms. The highest BCUT2D eigenvalue weighted by molar-refractivity contribution is 5.30. The van der Waals surface area contributed by atoms with Gasteiger partial charge in [-0.1, -0.05) is 6.92 Å². The summed E-state index contributed by atoms with van der Waals surface area (Å²) in [6, 6.07) is 2.17. The molecule has 5 nitrogen and oxygen atoms in total. The van der Waals surface area contributed by atoms with Crippen LogP contribution in [0.15, 0.2) is 12.4 Å². The van der Waals surface area contributed by atoms with Gasteiger partial charge in [-0.05, 0) is 6.92 Å². The van der Waals surface area contributed by atoms with Gasteiger partial charge in [0.15, 0.2) is 5.82 Å². The molecule has 2 rings (SSSR count). The molecule has 2 heterocycles. The second-order valence-corrected chi connectivity index (χ2v) is 3.36. The van der Waals surface area contributed by atoms with Gasteiger partial charge in [0.05, 0.1) is 12.0 Å². The van der Waals surface area contributed by atoms with Gasteiger partial charge in [-0.25, -0.2) is 9.50 Å². The number of rotatable bonds is 2. The molecule has 0 aromatic carbocycles. The van der Waals surface area contributed by atoms with E-state index in [0.717, 1.165) is 17.8 Å². The molecule has 0 fully saturated rings. The molecule has 0 saturated heterocycles. The van der Waals surface area contributed by atoms with Gasteiger partial charge in [0, 0.05) is 24.4 Å². The maximum absolute atomic E-state index is 8.79. The van der Waals surface area contributed by atoms with Crippen LogP contribution in [0.4, 0.5) is 0 Å². The lowest BCUT2D eigenvalue weighted by Gasteiger charge is -2.00. The molecule has 2 aromatic heterocycles. The predicted molar refractivity (Wildman–Crippen MR) is 54.2 cm³/mol. The molecular weight excluding hydrogens is 190 g/mol. The van der Waals surface area contributed by atoms with Crippen molar-refractivity contribution in [2.24, 2.45) is 0 Å². The minimum Gasteiger partial charge on any atom is -0.219 e. The average molecular weight is 201 g/mol. The Bertz CT molecular complexity index is 522. The zero-order valence-corrected chi connectivity index (χ0v) is 8.68. The van der Waals surface area contributed by atoms with Gasteiger partial charge in [0.1, 0.15) is 0 Å². The summed E-state index contributed by atoms with van der Waals surface area (Å²) in [7, 11) is 0. The maximum atomic E-state index is 8.79. The van der Waals surface area contributed by atoms with Crippen LogP contribution in [0.1, 0.15) is 31.2 Å². The first kappa shape index (κ1) is 9.59. The first-order chi connectivity index (χ1) is 7.24. The normalized spacial score (nSPS) is 12.6. The quantitative estimate of drug-likeness (QED) is 0.734. The Balaban J connectivity index is 2.51. The van der Waals surface area contributed by atoms with Crippen molar-refractivity contribution < 1.29 is 0 Å². The molecule has 0 aliphatic heterocycles. The molecule has 0 spiro atoms. The summed E-state index contributed by atoms with van der Waals surface area (Å²) in [5.41, 5.74) is 0.859. The third kappa shape index (κ3) is 1.66. The smallest absolute Gasteiger partial charge is 0.219 e. The summed E-state index contributed by atoms with van der Waals surface area (Å²) in [5, 5.41) is 13.0. The molecule has 0 aliphatic carbocycles. The summed E-state index contributed by atoms with van der Waals surface area (Å²) >= 11 is 0. The molecule has 0 saturated carbocycles. The Morgan fingerprint density at radius 2 is 2.40 bits per heavy atom. The summed E-state index contributed by atoms with van der Waals surface area (Å²) in [4.78, 5) is 8.37. The van der Waals surface area contributed by atoms with E-state index in [1.807, 2.05) is 20.0 Å². The second-order valence-electron chi connectivity index (χ2n) is 3.36. The third-order valence-corrected chi connectivity index (χ3v) is 2.27. The van der Waals surface area contributed by atoms with Crippen molar-refractivity contribution in [1.29, 1.82) is 5.26 Å². The molecule has 76 valence electrons. The Hall–Kier alpha value is -1.96. The van der Waals surface area contributed by atoms with Crippen LogP contribution < -0.4 is 0 Å². The van der Waals surface area contributed by atoms with Gasteiger partial charge in [0.25, 0.3) is 5.78 Å². The SMILES string of the molecule is CCc1nc2ncc(C(C)C#N)cn2n1. The van der Waals surface area contributed by atoms with Crippen molar-refractivity contribution in [1.82, 2.24) is 19.6 Å². The van der Waals surface area contributed by atoms with Crippen LogP contribution in [-0.2, 0) is 6.42 Å². The molecule has 1 unspecified atom stereocenters. The molecule has 0 radical (unpaired) electrons. The highest BCUT2D eigenvalue weighted by Crippen LogP contribution is 2.12. The number of nitrogens with zero attached hydrogens (tertiary/aromatic N) is 5. The zero-order chi connectivity index (χ0) is 10.8. The van der Waals surface area contributed by atoms with Crippen molar-refractivity contribution in [3.63, 3.8) is 0 Å². The van der Waals surface area contributed by atoms with E-state index in [2.05, 4.69) is 21.1 Å². The van der Waals surface area contributed by atoms with Crippen molar-refractivity contribution in [2.45, 2.75) is 26.2 Å². The summed E-state index contributed by atoms with van der Waals surface area (Å²) in [5.74, 6) is 1.18. The number of hydrogen-bond acceptors (Lipinski definition) is 4. The van der Waals surface area contributed by atoms with Gasteiger partial charge >= 0.3 is 0 Å². The fourth-order valence-electron chi connectivity index (χ4n) is 1.29. The predicted octanol–water partition coefficient (Wildman–Crippen LogP) is 1.31. The number of hydrogen-bond donors (Lipinski definition) is 0. The molecule has 0 bridgehead atoms. The van der Waals surface area contributed by atoms with E-state index in [-0.39, 0.29) is 5.92 Å². The van der Waals surface area contributed by atoms with Crippen molar-refractivity contribution in [3.8, 4) is 6.07 Å². The van der Waals surface area contributed by atoms with Crippen LogP contribution in [0.25, 0.3) is 5.78 Å². The van der Waals surface area contributed by atoms with Crippen LogP contribution >= 0.6 is 0 Å². The Kier molecular flexibility index (Phi) is 2.34. The summed E-state index contributed by atoms with van der Waals surface area (Å²) in [6.07, 6.45) is 4.27. The molecule has 0 N–H and O–H groups in total. The highest BCUT2D eigenvalue weighted by Gasteiger charge is 2.08. The molecule has 15 heavy (non-hydrogen) atoms. The van der Waals surface area contributed by atoms with Crippen LogP contribution in [0.5, 0.6) is 0 Å². The van der Waals surface area contributed by atoms with E-state index in [0.29, 0.717) is 5.78 Å². The van der Waals surface area contributed by atoms with E-state index in [4.69, 9.17) is 5.26 Å². The second kappa shape index (κ2) is 3.65. The van der Waals surface area contributed by atoms with Crippen molar-refractivity contribution in [3.05, 3.63) is 23.8 Å². The van der Waals surface area contributed by atoms with Crippen LogP contribution in [-0.4, -0.2) is 19.6 Å². The molecular formula is C10H11N5. The lowest BCUT2D eigenvalue weighted by atomic mass is 10.1. The monoisotopic (exact) mass is 201 g/mol. The lowest BCUT2D eigenvalue weighted by molar-refractivity contribution is 0.851. The van der Waals surface area contributed by atoms with Crippen LogP contribution in [0, 0.1) is 11.3 Å². The van der Waals surface area contributed by atoms with E-state index in [9.17, 15) is 0 Å². The first-order valence-electron chi connectivity index (χ1n) is 4.85. The van der Waals surface area contributed by atoms with Crippen molar-refractivity contribution >= 4 is 5.78 Å². The molecule has 2 aromatic rings. The first-order valence-corrected chi connectivity index (χ1v) is 4.85. The van der Waals surface area contributed by atoms with Gasteiger partial charge in [-0.3, -0.25) is 0 Å². The Morgan fingerprint density at radius 1 is 1.60 bits per heavy atom. The summed E-state index contributed by atoms with van der Waals surface area (Å²) < 4.78 is 1.63. The van der Waals surface area contributed by atoms with Crippen LogP contribution in [0.3, 0.4) is 0 Å². The number of aryl methyl sites for hydroxylation is 1. The van der Waals surface area contributed by atoms with E-state index in [1.165, 1.54) is 0 Å². The molecule has 0 aliphatic rings. The van der Waals surface area contributed by atoms with Crippen molar-refractivity contribution in [2.75, 3.05) is 0 Å². The van der Waals surface area contributed by atoms with E-state index >= 15 is 0 Å². The fourth-order valence-corrected chi connectivity index (χ4v) is 1.29. The van der Waals surface area contributed by atoms with Gasteiger partial charge in [-0.2, -0.15) is 10.2 Å². The van der Waals surface area contributed by atoms with Crippen LogP contribution in [0.2, 0.25) is 0 Å². The fraction of sp³-hybridized carbons (Fsp3) is 0.400. The van der Waals surface area contributed by atoms with E-state index < -0.39 is 0 Å². The minimum absolute atomic E-state index is 0.170. The number of aromatic nitrogens is 4. The average Bonchev–Trinajstić information content (AvgIpc) is 2.69. The number of nitriles is 1. The van der Waals surface area contributed by atoms with Gasteiger partial charge in [0.2, 0.25) is 0 Å². The molecule has 0 amide bonds. The van der Waals surface area contributed by atoms with Gasteiger partial charge < -0.3 is 0 Å². The van der Waals surface area contributed by atoms with Gasteiger partial charge in [-0.15, -0.1) is 5.10 Å². The highest BCUT2D eigenvalue weighted by atomic mass is 15.3. The lowest BCUT2D eigenvalue weighted by Crippen LogP contribution is -1.97. The van der Waals surface area contributed by atoms with E-state index in [1.54, 1.807) is 10.7 Å². The third-order valence-electron chi connectivity index (χ3n) is 2.27. The Morgan fingerprint density at radius 3 is 3.07 bits per heavy atom. The summed E-state index contributed by atoms with van der Waals surface area (Å²) in [6.45, 7) is 3.83. The molecule has 1 atom stereocenters.